The number of carbonyl (C=O) groups excluding carboxylic acids is 1. The maximum atomic E-state index is 12.7. The van der Waals surface area contributed by atoms with E-state index in [-0.39, 0.29) is 31.4 Å². The zero-order valence-corrected chi connectivity index (χ0v) is 16.5. The minimum Gasteiger partial charge on any atom is -0.491 e. The van der Waals surface area contributed by atoms with E-state index in [0.717, 1.165) is 18.4 Å². The quantitative estimate of drug-likeness (QED) is 0.779. The second-order valence-electron chi connectivity index (χ2n) is 6.33. The van der Waals surface area contributed by atoms with Crippen molar-refractivity contribution >= 4 is 33.8 Å². The largest absolute Gasteiger partial charge is 0.491 e. The number of nitrogens with one attached hydrogen (secondary N) is 2. The molecule has 1 unspecified atom stereocenters. The molecule has 1 aromatic rings. The van der Waals surface area contributed by atoms with Gasteiger partial charge in [0.2, 0.25) is 5.91 Å². The Balaban J connectivity index is 0.00000312. The Morgan fingerprint density at radius 1 is 1.28 bits per heavy atom. The number of carbonyl (C=O) groups is 1. The van der Waals surface area contributed by atoms with Crippen molar-refractivity contribution in [3.8, 4) is 5.75 Å². The highest BCUT2D eigenvalue weighted by Crippen LogP contribution is 2.29. The third-order valence-electron chi connectivity index (χ3n) is 4.56. The molecule has 6 nitrogen and oxygen atoms in total. The van der Waals surface area contributed by atoms with Gasteiger partial charge in [0.15, 0.2) is 14.6 Å². The Hall–Kier alpha value is -1.31. The maximum Gasteiger partial charge on any atom is 0.245 e. The average molecular weight is 391 g/mol. The minimum atomic E-state index is -3.51. The van der Waals surface area contributed by atoms with Crippen LogP contribution >= 0.6 is 12.4 Å². The summed E-state index contributed by atoms with van der Waals surface area (Å²) in [4.78, 5) is 12.7. The SMILES string of the molecule is CCC(C)Oc1ccc(NC(=O)C2(S(C)(=O)=O)CCNCC2)cc1.Cl. The zero-order valence-electron chi connectivity index (χ0n) is 14.9. The van der Waals surface area contributed by atoms with Crippen LogP contribution in [0.25, 0.3) is 0 Å². The van der Waals surface area contributed by atoms with Crippen LogP contribution in [0.2, 0.25) is 0 Å². The number of hydrogen-bond donors (Lipinski definition) is 2. The van der Waals surface area contributed by atoms with Crippen LogP contribution in [0.4, 0.5) is 5.69 Å². The summed E-state index contributed by atoms with van der Waals surface area (Å²) in [5, 5.41) is 5.85. The van der Waals surface area contributed by atoms with Crippen molar-refractivity contribution in [1.82, 2.24) is 5.32 Å². The van der Waals surface area contributed by atoms with Crippen LogP contribution in [0.1, 0.15) is 33.1 Å². The second-order valence-corrected chi connectivity index (χ2v) is 8.66. The molecule has 2 rings (SSSR count). The number of piperidine rings is 1. The molecule has 0 radical (unpaired) electrons. The van der Waals surface area contributed by atoms with E-state index in [1.54, 1.807) is 24.3 Å². The van der Waals surface area contributed by atoms with E-state index >= 15 is 0 Å². The number of benzene rings is 1. The van der Waals surface area contributed by atoms with Crippen LogP contribution in [-0.4, -0.2) is 44.5 Å². The minimum absolute atomic E-state index is 0. The Labute approximate surface area is 156 Å². The number of amides is 1. The fourth-order valence-corrected chi connectivity index (χ4v) is 4.11. The van der Waals surface area contributed by atoms with Crippen molar-refractivity contribution in [1.29, 1.82) is 0 Å². The normalized spacial score (nSPS) is 17.9. The molecular formula is C17H27ClN2O4S. The van der Waals surface area contributed by atoms with E-state index in [2.05, 4.69) is 10.6 Å². The Bertz CT molecular complexity index is 670. The molecule has 1 aliphatic heterocycles. The van der Waals surface area contributed by atoms with Crippen LogP contribution in [0.3, 0.4) is 0 Å². The van der Waals surface area contributed by atoms with Gasteiger partial charge in [-0.25, -0.2) is 8.42 Å². The van der Waals surface area contributed by atoms with Gasteiger partial charge < -0.3 is 15.4 Å². The van der Waals surface area contributed by atoms with Crippen LogP contribution in [0, 0.1) is 0 Å². The lowest BCUT2D eigenvalue weighted by Crippen LogP contribution is -2.55. The number of ether oxygens (including phenoxy) is 1. The van der Waals surface area contributed by atoms with Gasteiger partial charge in [-0.3, -0.25) is 4.79 Å². The highest BCUT2D eigenvalue weighted by Gasteiger charge is 2.48. The van der Waals surface area contributed by atoms with Crippen molar-refractivity contribution in [3.63, 3.8) is 0 Å². The number of halogens is 1. The summed E-state index contributed by atoms with van der Waals surface area (Å²) in [7, 11) is -3.51. The van der Waals surface area contributed by atoms with Gasteiger partial charge in [0, 0.05) is 11.9 Å². The molecular weight excluding hydrogens is 364 g/mol. The van der Waals surface area contributed by atoms with Crippen LogP contribution in [0.5, 0.6) is 5.75 Å². The molecule has 1 amide bonds. The first-order chi connectivity index (χ1) is 11.3. The first kappa shape index (κ1) is 21.7. The molecule has 1 heterocycles. The zero-order chi connectivity index (χ0) is 17.8. The molecule has 1 fully saturated rings. The Morgan fingerprint density at radius 3 is 2.32 bits per heavy atom. The van der Waals surface area contributed by atoms with E-state index in [1.807, 2.05) is 13.8 Å². The fourth-order valence-electron chi connectivity index (χ4n) is 2.77. The molecule has 0 saturated carbocycles. The van der Waals surface area contributed by atoms with E-state index in [4.69, 9.17) is 4.74 Å². The second kappa shape index (κ2) is 8.87. The van der Waals surface area contributed by atoms with E-state index in [9.17, 15) is 13.2 Å². The summed E-state index contributed by atoms with van der Waals surface area (Å²) in [5.74, 6) is 0.268. The van der Waals surface area contributed by atoms with Gasteiger partial charge in [-0.1, -0.05) is 6.92 Å². The predicted octanol–water partition coefficient (Wildman–Crippen LogP) is 2.39. The molecule has 2 N–H and O–H groups in total. The lowest BCUT2D eigenvalue weighted by Gasteiger charge is -2.34. The molecule has 0 bridgehead atoms. The van der Waals surface area contributed by atoms with Crippen molar-refractivity contribution in [2.75, 3.05) is 24.7 Å². The monoisotopic (exact) mass is 390 g/mol. The van der Waals surface area contributed by atoms with E-state index < -0.39 is 20.5 Å². The highest BCUT2D eigenvalue weighted by atomic mass is 35.5. The highest BCUT2D eigenvalue weighted by molar-refractivity contribution is 7.92. The molecule has 0 aliphatic carbocycles. The van der Waals surface area contributed by atoms with Crippen molar-refractivity contribution in [2.45, 2.75) is 44.0 Å². The molecule has 1 aromatic carbocycles. The maximum absolute atomic E-state index is 12.7. The van der Waals surface area contributed by atoms with E-state index in [0.29, 0.717) is 18.8 Å². The van der Waals surface area contributed by atoms with Gasteiger partial charge in [0.1, 0.15) is 5.75 Å². The van der Waals surface area contributed by atoms with E-state index in [1.165, 1.54) is 0 Å². The standard InChI is InChI=1S/C17H26N2O4S.ClH/c1-4-13(2)23-15-7-5-14(6-8-15)19-16(20)17(24(3,21)22)9-11-18-12-10-17;/h5-8,13,18H,4,9-12H2,1-3H3,(H,19,20);1H. The summed E-state index contributed by atoms with van der Waals surface area (Å²) < 4.78 is 28.8. The van der Waals surface area contributed by atoms with Crippen molar-refractivity contribution in [3.05, 3.63) is 24.3 Å². The molecule has 0 aromatic heterocycles. The molecule has 1 aliphatic rings. The molecule has 0 spiro atoms. The van der Waals surface area contributed by atoms with Gasteiger partial charge in [0.05, 0.1) is 6.10 Å². The third kappa shape index (κ3) is 5.09. The smallest absolute Gasteiger partial charge is 0.245 e. The number of anilines is 1. The van der Waals surface area contributed by atoms with Crippen LogP contribution < -0.4 is 15.4 Å². The van der Waals surface area contributed by atoms with Crippen molar-refractivity contribution < 1.29 is 17.9 Å². The molecule has 1 saturated heterocycles. The van der Waals surface area contributed by atoms with Gasteiger partial charge in [-0.05, 0) is 63.5 Å². The first-order valence-corrected chi connectivity index (χ1v) is 10.2. The van der Waals surface area contributed by atoms with Gasteiger partial charge >= 0.3 is 0 Å². The summed E-state index contributed by atoms with van der Waals surface area (Å²) in [5.41, 5.74) is 0.568. The first-order valence-electron chi connectivity index (χ1n) is 8.27. The van der Waals surface area contributed by atoms with Gasteiger partial charge in [-0.2, -0.15) is 0 Å². The number of sulfone groups is 1. The number of rotatable bonds is 6. The molecule has 8 heteroatoms. The number of hydrogen-bond acceptors (Lipinski definition) is 5. The third-order valence-corrected chi connectivity index (χ3v) is 6.57. The predicted molar refractivity (Wildman–Crippen MR) is 102 cm³/mol. The Kier molecular flexibility index (Phi) is 7.71. The molecule has 142 valence electrons. The topological polar surface area (TPSA) is 84.5 Å². The summed E-state index contributed by atoms with van der Waals surface area (Å²) >= 11 is 0. The lowest BCUT2D eigenvalue weighted by molar-refractivity contribution is -0.119. The fraction of sp³-hybridized carbons (Fsp3) is 0.588. The lowest BCUT2D eigenvalue weighted by atomic mass is 9.95. The average Bonchev–Trinajstić information content (AvgIpc) is 2.56. The van der Waals surface area contributed by atoms with Crippen LogP contribution in [-0.2, 0) is 14.6 Å². The summed E-state index contributed by atoms with van der Waals surface area (Å²) in [6, 6.07) is 7.01. The van der Waals surface area contributed by atoms with Gasteiger partial charge in [0.25, 0.3) is 0 Å². The van der Waals surface area contributed by atoms with Crippen molar-refractivity contribution in [2.24, 2.45) is 0 Å². The van der Waals surface area contributed by atoms with Crippen LogP contribution in [0.15, 0.2) is 24.3 Å². The summed E-state index contributed by atoms with van der Waals surface area (Å²) in [6.07, 6.45) is 2.73. The van der Waals surface area contributed by atoms with Gasteiger partial charge in [-0.15, -0.1) is 12.4 Å². The Morgan fingerprint density at radius 2 is 1.84 bits per heavy atom. The molecule has 1 atom stereocenters. The summed E-state index contributed by atoms with van der Waals surface area (Å²) in [6.45, 7) is 5.07. The molecule has 25 heavy (non-hydrogen) atoms.